The first kappa shape index (κ1) is 12.6. The van der Waals surface area contributed by atoms with Crippen molar-refractivity contribution in [1.82, 2.24) is 0 Å². The van der Waals surface area contributed by atoms with E-state index in [1.807, 2.05) is 0 Å². The Morgan fingerprint density at radius 1 is 1.19 bits per heavy atom. The normalized spacial score (nSPS) is 10.1. The second-order valence-corrected chi connectivity index (χ2v) is 3.86. The van der Waals surface area contributed by atoms with Crippen molar-refractivity contribution in [1.29, 1.82) is 0 Å². The Kier molecular flexibility index (Phi) is 5.40. The maximum Gasteiger partial charge on any atom is 0.129 e. The molecule has 0 aliphatic carbocycles. The summed E-state index contributed by atoms with van der Waals surface area (Å²) in [5, 5.41) is 9.06. The second kappa shape index (κ2) is 6.88. The Balaban J connectivity index is 2.07. The van der Waals surface area contributed by atoms with Gasteiger partial charge in [0.1, 0.15) is 17.3 Å². The number of Topliss-reactive ketones (excluding diaryl/α,β-unsaturated/α-hetero) is 1. The lowest BCUT2D eigenvalue weighted by Crippen LogP contribution is -1.98. The molecule has 0 atom stereocenters. The molecule has 3 nitrogen and oxygen atoms in total. The molecule has 1 aromatic rings. The zero-order valence-electron chi connectivity index (χ0n) is 9.61. The van der Waals surface area contributed by atoms with Crippen molar-refractivity contribution in [2.24, 2.45) is 0 Å². The van der Waals surface area contributed by atoms with Gasteiger partial charge in [0.15, 0.2) is 0 Å². The van der Waals surface area contributed by atoms with Gasteiger partial charge in [0, 0.05) is 6.42 Å². The number of benzene rings is 1. The van der Waals surface area contributed by atoms with Crippen LogP contribution in [0.4, 0.5) is 0 Å². The first-order chi connectivity index (χ1) is 7.68. The van der Waals surface area contributed by atoms with Crippen LogP contribution in [0.5, 0.6) is 11.5 Å². The number of unbranched alkanes of at least 4 members (excludes halogenated alkanes) is 2. The molecule has 0 saturated carbocycles. The maximum atomic E-state index is 10.7. The minimum absolute atomic E-state index is 0.244. The first-order valence-corrected chi connectivity index (χ1v) is 5.60. The van der Waals surface area contributed by atoms with Gasteiger partial charge in [-0.3, -0.25) is 0 Å². The Hall–Kier alpha value is -1.51. The third-order valence-electron chi connectivity index (χ3n) is 2.28. The van der Waals surface area contributed by atoms with Gasteiger partial charge in [-0.2, -0.15) is 0 Å². The summed E-state index contributed by atoms with van der Waals surface area (Å²) in [7, 11) is 0. The second-order valence-electron chi connectivity index (χ2n) is 3.86. The van der Waals surface area contributed by atoms with Gasteiger partial charge < -0.3 is 14.6 Å². The smallest absolute Gasteiger partial charge is 0.129 e. The molecule has 1 aromatic carbocycles. The SMILES string of the molecule is CC(=O)CCCCCOc1ccc(O)cc1. The molecule has 0 bridgehead atoms. The van der Waals surface area contributed by atoms with E-state index in [2.05, 4.69) is 0 Å². The number of rotatable bonds is 7. The van der Waals surface area contributed by atoms with Crippen LogP contribution in [0.1, 0.15) is 32.6 Å². The van der Waals surface area contributed by atoms with Gasteiger partial charge >= 0.3 is 0 Å². The van der Waals surface area contributed by atoms with E-state index >= 15 is 0 Å². The van der Waals surface area contributed by atoms with Crippen molar-refractivity contribution in [3.05, 3.63) is 24.3 Å². The molecule has 3 heteroatoms. The number of aromatic hydroxyl groups is 1. The molecule has 1 rings (SSSR count). The van der Waals surface area contributed by atoms with Gasteiger partial charge in [0.05, 0.1) is 6.61 Å². The van der Waals surface area contributed by atoms with Crippen LogP contribution in [-0.4, -0.2) is 17.5 Å². The van der Waals surface area contributed by atoms with Crippen molar-refractivity contribution in [2.75, 3.05) is 6.61 Å². The van der Waals surface area contributed by atoms with Crippen LogP contribution in [0.25, 0.3) is 0 Å². The van der Waals surface area contributed by atoms with Crippen molar-refractivity contribution in [3.8, 4) is 11.5 Å². The lowest BCUT2D eigenvalue weighted by Gasteiger charge is -2.05. The van der Waals surface area contributed by atoms with E-state index in [0.717, 1.165) is 25.0 Å². The first-order valence-electron chi connectivity index (χ1n) is 5.60. The topological polar surface area (TPSA) is 46.5 Å². The summed E-state index contributed by atoms with van der Waals surface area (Å²) in [5.41, 5.74) is 0. The largest absolute Gasteiger partial charge is 0.508 e. The monoisotopic (exact) mass is 222 g/mol. The molecule has 0 spiro atoms. The standard InChI is InChI=1S/C13H18O3/c1-11(14)5-3-2-4-10-16-13-8-6-12(15)7-9-13/h6-9,15H,2-5,10H2,1H3. The van der Waals surface area contributed by atoms with Crippen LogP contribution < -0.4 is 4.74 Å². The van der Waals surface area contributed by atoms with Crippen molar-refractivity contribution in [2.45, 2.75) is 32.6 Å². The molecule has 0 aliphatic heterocycles. The molecule has 0 aliphatic rings. The summed E-state index contributed by atoms with van der Waals surface area (Å²) in [6, 6.07) is 6.69. The Bertz CT molecular complexity index is 316. The van der Waals surface area contributed by atoms with E-state index in [1.54, 1.807) is 31.2 Å². The summed E-state index contributed by atoms with van der Waals surface area (Å²) < 4.78 is 5.47. The zero-order chi connectivity index (χ0) is 11.8. The average Bonchev–Trinajstić information content (AvgIpc) is 2.25. The number of carbonyl (C=O) groups excluding carboxylic acids is 1. The molecule has 88 valence electrons. The number of hydrogen-bond acceptors (Lipinski definition) is 3. The number of phenols is 1. The molecule has 0 saturated heterocycles. The van der Waals surface area contributed by atoms with Crippen LogP contribution in [0.2, 0.25) is 0 Å². The van der Waals surface area contributed by atoms with Crippen molar-refractivity contribution < 1.29 is 14.6 Å². The van der Waals surface area contributed by atoms with Crippen LogP contribution >= 0.6 is 0 Å². The Morgan fingerprint density at radius 2 is 1.88 bits per heavy atom. The van der Waals surface area contributed by atoms with Crippen LogP contribution in [0.3, 0.4) is 0 Å². The summed E-state index contributed by atoms with van der Waals surface area (Å²) in [6.45, 7) is 2.27. The third kappa shape index (κ3) is 5.39. The number of ketones is 1. The van der Waals surface area contributed by atoms with Gasteiger partial charge in [-0.1, -0.05) is 0 Å². The van der Waals surface area contributed by atoms with E-state index in [1.165, 1.54) is 0 Å². The van der Waals surface area contributed by atoms with Gasteiger partial charge in [-0.15, -0.1) is 0 Å². The zero-order valence-corrected chi connectivity index (χ0v) is 9.61. The van der Waals surface area contributed by atoms with E-state index in [-0.39, 0.29) is 11.5 Å². The molecule has 0 heterocycles. The lowest BCUT2D eigenvalue weighted by molar-refractivity contribution is -0.117. The number of ether oxygens (including phenoxy) is 1. The Morgan fingerprint density at radius 3 is 2.50 bits per heavy atom. The number of carbonyl (C=O) groups is 1. The number of hydrogen-bond donors (Lipinski definition) is 1. The van der Waals surface area contributed by atoms with Gasteiger partial charge in [0.2, 0.25) is 0 Å². The van der Waals surface area contributed by atoms with E-state index in [9.17, 15) is 4.79 Å². The molecule has 16 heavy (non-hydrogen) atoms. The highest BCUT2D eigenvalue weighted by molar-refractivity contribution is 5.75. The Labute approximate surface area is 96.1 Å². The number of phenolic OH excluding ortho intramolecular Hbond substituents is 1. The summed E-state index contributed by atoms with van der Waals surface area (Å²) in [6.07, 6.45) is 3.57. The fourth-order valence-corrected chi connectivity index (χ4v) is 1.39. The highest BCUT2D eigenvalue weighted by Gasteiger charge is 1.96. The van der Waals surface area contributed by atoms with E-state index < -0.39 is 0 Å². The summed E-state index contributed by atoms with van der Waals surface area (Å²) in [5.74, 6) is 1.26. The predicted molar refractivity (Wildman–Crippen MR) is 62.8 cm³/mol. The fourth-order valence-electron chi connectivity index (χ4n) is 1.39. The quantitative estimate of drug-likeness (QED) is 0.721. The van der Waals surface area contributed by atoms with Gasteiger partial charge in [0.25, 0.3) is 0 Å². The predicted octanol–water partition coefficient (Wildman–Crippen LogP) is 2.92. The maximum absolute atomic E-state index is 10.7. The molecule has 0 amide bonds. The van der Waals surface area contributed by atoms with Crippen LogP contribution in [-0.2, 0) is 4.79 Å². The van der Waals surface area contributed by atoms with Crippen LogP contribution in [0, 0.1) is 0 Å². The summed E-state index contributed by atoms with van der Waals surface area (Å²) in [4.78, 5) is 10.7. The van der Waals surface area contributed by atoms with Crippen molar-refractivity contribution in [3.63, 3.8) is 0 Å². The fraction of sp³-hybridized carbons (Fsp3) is 0.462. The van der Waals surface area contributed by atoms with Crippen molar-refractivity contribution >= 4 is 5.78 Å². The van der Waals surface area contributed by atoms with Gasteiger partial charge in [-0.05, 0) is 50.5 Å². The molecule has 1 N–H and O–H groups in total. The lowest BCUT2D eigenvalue weighted by atomic mass is 10.1. The molecular weight excluding hydrogens is 204 g/mol. The van der Waals surface area contributed by atoms with Crippen LogP contribution in [0.15, 0.2) is 24.3 Å². The highest BCUT2D eigenvalue weighted by Crippen LogP contribution is 2.16. The molecule has 0 fully saturated rings. The minimum Gasteiger partial charge on any atom is -0.508 e. The highest BCUT2D eigenvalue weighted by atomic mass is 16.5. The molecule has 0 radical (unpaired) electrons. The molecular formula is C13H18O3. The summed E-state index contributed by atoms with van der Waals surface area (Å²) >= 11 is 0. The molecule has 0 unspecified atom stereocenters. The minimum atomic E-state index is 0.244. The average molecular weight is 222 g/mol. The van der Waals surface area contributed by atoms with E-state index in [4.69, 9.17) is 9.84 Å². The molecule has 0 aromatic heterocycles. The van der Waals surface area contributed by atoms with E-state index in [0.29, 0.717) is 13.0 Å². The third-order valence-corrected chi connectivity index (χ3v) is 2.28. The van der Waals surface area contributed by atoms with Gasteiger partial charge in [-0.25, -0.2) is 0 Å².